The number of halogens is 2. The van der Waals surface area contributed by atoms with E-state index in [9.17, 15) is 9.18 Å². The van der Waals surface area contributed by atoms with Gasteiger partial charge in [-0.05, 0) is 36.8 Å². The summed E-state index contributed by atoms with van der Waals surface area (Å²) in [6.45, 7) is 5.66. The Hall–Kier alpha value is -2.11. The van der Waals surface area contributed by atoms with E-state index < -0.39 is 0 Å². The van der Waals surface area contributed by atoms with Crippen LogP contribution in [0.3, 0.4) is 0 Å². The number of amides is 1. The largest absolute Gasteiger partial charge is 0.368 e. The molecule has 6 heteroatoms. The van der Waals surface area contributed by atoms with Crippen LogP contribution < -0.4 is 4.90 Å². The number of carbonyl (C=O) groups excluding carboxylic acids is 1. The molecular weight excluding hydrogens is 365 g/mol. The van der Waals surface area contributed by atoms with Crippen molar-refractivity contribution < 1.29 is 9.18 Å². The van der Waals surface area contributed by atoms with E-state index in [-0.39, 0.29) is 17.8 Å². The normalized spacial score (nSPS) is 16.2. The zero-order valence-electron chi connectivity index (χ0n) is 15.7. The third-order valence-electron chi connectivity index (χ3n) is 5.25. The van der Waals surface area contributed by atoms with Crippen LogP contribution in [0.25, 0.3) is 0 Å². The lowest BCUT2D eigenvalue weighted by molar-refractivity contribution is -0.133. The minimum atomic E-state index is -0.267. The number of benzene rings is 2. The van der Waals surface area contributed by atoms with Crippen LogP contribution in [0.1, 0.15) is 18.5 Å². The Morgan fingerprint density at radius 1 is 1.11 bits per heavy atom. The molecule has 0 aromatic heterocycles. The van der Waals surface area contributed by atoms with E-state index in [4.69, 9.17) is 11.6 Å². The number of para-hydroxylation sites is 1. The minimum Gasteiger partial charge on any atom is -0.368 e. The van der Waals surface area contributed by atoms with E-state index in [0.29, 0.717) is 6.54 Å². The Balaban J connectivity index is 1.53. The molecule has 2 aromatic rings. The van der Waals surface area contributed by atoms with Gasteiger partial charge in [-0.2, -0.15) is 0 Å². The monoisotopic (exact) mass is 389 g/mol. The first-order chi connectivity index (χ1) is 13.0. The fourth-order valence-electron chi connectivity index (χ4n) is 3.34. The predicted molar refractivity (Wildman–Crippen MR) is 108 cm³/mol. The summed E-state index contributed by atoms with van der Waals surface area (Å²) in [5, 5.41) is 0.759. The highest BCUT2D eigenvalue weighted by atomic mass is 35.5. The zero-order valence-corrected chi connectivity index (χ0v) is 16.5. The number of hydrogen-bond donors (Lipinski definition) is 0. The van der Waals surface area contributed by atoms with Gasteiger partial charge in [-0.1, -0.05) is 35.9 Å². The maximum absolute atomic E-state index is 13.1. The molecule has 27 heavy (non-hydrogen) atoms. The molecule has 0 bridgehead atoms. The molecule has 1 unspecified atom stereocenters. The Morgan fingerprint density at radius 3 is 2.37 bits per heavy atom. The number of carbonyl (C=O) groups is 1. The van der Waals surface area contributed by atoms with Gasteiger partial charge in [0.05, 0.1) is 23.3 Å². The number of rotatable bonds is 5. The highest BCUT2D eigenvalue weighted by Crippen LogP contribution is 2.26. The SMILES string of the molecule is CC(c1ccc(F)cc1)N(C)C(=O)CN1CCN(c2ccccc2Cl)CC1. The van der Waals surface area contributed by atoms with Crippen LogP contribution in [0.4, 0.5) is 10.1 Å². The molecule has 1 amide bonds. The van der Waals surface area contributed by atoms with Crippen molar-refractivity contribution in [1.82, 2.24) is 9.80 Å². The predicted octanol–water partition coefficient (Wildman–Crippen LogP) is 3.82. The Kier molecular flexibility index (Phi) is 6.34. The molecule has 4 nitrogen and oxygen atoms in total. The van der Waals surface area contributed by atoms with Gasteiger partial charge in [0.1, 0.15) is 5.82 Å². The molecule has 1 heterocycles. The maximum Gasteiger partial charge on any atom is 0.236 e. The van der Waals surface area contributed by atoms with Gasteiger partial charge in [0.15, 0.2) is 0 Å². The van der Waals surface area contributed by atoms with Gasteiger partial charge in [0.2, 0.25) is 5.91 Å². The first-order valence-electron chi connectivity index (χ1n) is 9.18. The number of hydrogen-bond acceptors (Lipinski definition) is 3. The summed E-state index contributed by atoms with van der Waals surface area (Å²) in [7, 11) is 1.80. The summed E-state index contributed by atoms with van der Waals surface area (Å²) < 4.78 is 13.1. The van der Waals surface area contributed by atoms with Crippen LogP contribution in [0.2, 0.25) is 5.02 Å². The topological polar surface area (TPSA) is 26.8 Å². The van der Waals surface area contributed by atoms with Gasteiger partial charge in [-0.15, -0.1) is 0 Å². The van der Waals surface area contributed by atoms with E-state index >= 15 is 0 Å². The summed E-state index contributed by atoms with van der Waals surface area (Å²) in [4.78, 5) is 18.8. The fourth-order valence-corrected chi connectivity index (χ4v) is 3.59. The van der Waals surface area contributed by atoms with Gasteiger partial charge in [-0.3, -0.25) is 9.69 Å². The van der Waals surface area contributed by atoms with Crippen molar-refractivity contribution in [3.8, 4) is 0 Å². The highest BCUT2D eigenvalue weighted by Gasteiger charge is 2.23. The van der Waals surface area contributed by atoms with Gasteiger partial charge in [0, 0.05) is 33.2 Å². The van der Waals surface area contributed by atoms with Crippen LogP contribution in [0.15, 0.2) is 48.5 Å². The van der Waals surface area contributed by atoms with E-state index in [1.807, 2.05) is 31.2 Å². The first-order valence-corrected chi connectivity index (χ1v) is 9.56. The van der Waals surface area contributed by atoms with Crippen molar-refractivity contribution in [1.29, 1.82) is 0 Å². The molecule has 1 fully saturated rings. The smallest absolute Gasteiger partial charge is 0.236 e. The molecule has 0 radical (unpaired) electrons. The zero-order chi connectivity index (χ0) is 19.4. The lowest BCUT2D eigenvalue weighted by atomic mass is 10.1. The summed E-state index contributed by atoms with van der Waals surface area (Å²) in [5.74, 6) is -0.200. The average molecular weight is 390 g/mol. The number of nitrogens with zero attached hydrogens (tertiary/aromatic N) is 3. The van der Waals surface area contributed by atoms with Gasteiger partial charge in [0.25, 0.3) is 0 Å². The summed E-state index contributed by atoms with van der Waals surface area (Å²) in [5.41, 5.74) is 1.97. The second-order valence-corrected chi connectivity index (χ2v) is 7.35. The molecular formula is C21H25ClFN3O. The van der Waals surface area contributed by atoms with E-state index in [1.165, 1.54) is 12.1 Å². The molecule has 0 aliphatic carbocycles. The van der Waals surface area contributed by atoms with Crippen molar-refractivity contribution in [3.05, 3.63) is 64.9 Å². The quantitative estimate of drug-likeness (QED) is 0.777. The van der Waals surface area contributed by atoms with Crippen molar-refractivity contribution in [2.24, 2.45) is 0 Å². The fraction of sp³-hybridized carbons (Fsp3) is 0.381. The van der Waals surface area contributed by atoms with Crippen LogP contribution in [0.5, 0.6) is 0 Å². The molecule has 0 spiro atoms. The molecule has 0 saturated carbocycles. The lowest BCUT2D eigenvalue weighted by Gasteiger charge is -2.37. The third-order valence-corrected chi connectivity index (χ3v) is 5.57. The van der Waals surface area contributed by atoms with Gasteiger partial charge in [-0.25, -0.2) is 4.39 Å². The average Bonchev–Trinajstić information content (AvgIpc) is 2.68. The molecule has 1 atom stereocenters. The Bertz CT molecular complexity index is 775. The first kappa shape index (κ1) is 19.6. The van der Waals surface area contributed by atoms with Crippen LogP contribution in [-0.2, 0) is 4.79 Å². The highest BCUT2D eigenvalue weighted by molar-refractivity contribution is 6.33. The van der Waals surface area contributed by atoms with E-state index in [0.717, 1.165) is 42.5 Å². The lowest BCUT2D eigenvalue weighted by Crippen LogP contribution is -2.50. The summed E-state index contributed by atoms with van der Waals surface area (Å²) in [6, 6.07) is 14.1. The van der Waals surface area contributed by atoms with Crippen LogP contribution in [0, 0.1) is 5.82 Å². The summed E-state index contributed by atoms with van der Waals surface area (Å²) >= 11 is 6.28. The molecule has 1 aliphatic heterocycles. The van der Waals surface area contributed by atoms with Crippen LogP contribution >= 0.6 is 11.6 Å². The standard InChI is InChI=1S/C21H25ClFN3O/c1-16(17-7-9-18(23)10-8-17)24(2)21(27)15-25-11-13-26(14-12-25)20-6-4-3-5-19(20)22/h3-10,16H,11-15H2,1-2H3. The Morgan fingerprint density at radius 2 is 1.74 bits per heavy atom. The van der Waals surface area contributed by atoms with Crippen molar-refractivity contribution in [3.63, 3.8) is 0 Å². The van der Waals surface area contributed by atoms with E-state index in [1.54, 1.807) is 24.1 Å². The molecule has 1 aliphatic rings. The molecule has 1 saturated heterocycles. The van der Waals surface area contributed by atoms with E-state index in [2.05, 4.69) is 9.80 Å². The van der Waals surface area contributed by atoms with Crippen LogP contribution in [-0.4, -0.2) is 55.5 Å². The third kappa shape index (κ3) is 4.79. The molecule has 144 valence electrons. The van der Waals surface area contributed by atoms with Gasteiger partial charge < -0.3 is 9.80 Å². The second kappa shape index (κ2) is 8.72. The number of likely N-dealkylation sites (N-methyl/N-ethyl adjacent to an activating group) is 1. The second-order valence-electron chi connectivity index (χ2n) is 6.95. The van der Waals surface area contributed by atoms with Crippen molar-refractivity contribution >= 4 is 23.2 Å². The maximum atomic E-state index is 13.1. The number of piperazine rings is 1. The number of anilines is 1. The van der Waals surface area contributed by atoms with Crippen molar-refractivity contribution in [2.45, 2.75) is 13.0 Å². The Labute approximate surface area is 165 Å². The molecule has 0 N–H and O–H groups in total. The molecule has 3 rings (SSSR count). The van der Waals surface area contributed by atoms with Gasteiger partial charge >= 0.3 is 0 Å². The summed E-state index contributed by atoms with van der Waals surface area (Å²) in [6.07, 6.45) is 0. The molecule has 2 aromatic carbocycles. The van der Waals surface area contributed by atoms with Crippen molar-refractivity contribution in [2.75, 3.05) is 44.7 Å². The minimum absolute atomic E-state index is 0.0676.